The minimum absolute atomic E-state index is 0.0400. The molecule has 2 aromatic carbocycles. The van der Waals surface area contributed by atoms with Gasteiger partial charge in [0, 0.05) is 45.8 Å². The lowest BCUT2D eigenvalue weighted by atomic mass is 9.74. The quantitative estimate of drug-likeness (QED) is 0.612. The smallest absolute Gasteiger partial charge is 0.137 e. The van der Waals surface area contributed by atoms with Crippen molar-refractivity contribution in [3.05, 3.63) is 77.9 Å². The topological polar surface area (TPSA) is 71.2 Å². The monoisotopic (exact) mass is 458 g/mol. The second-order valence-corrected chi connectivity index (χ2v) is 9.70. The summed E-state index contributed by atoms with van der Waals surface area (Å²) in [7, 11) is -1.14. The van der Waals surface area contributed by atoms with Gasteiger partial charge in [0.1, 0.15) is 29.9 Å². The van der Waals surface area contributed by atoms with Crippen LogP contribution in [0.5, 0.6) is 0 Å². The first-order valence-corrected chi connectivity index (χ1v) is 11.6. The first-order valence-electron chi connectivity index (χ1n) is 10.1. The number of benzene rings is 2. The number of rotatable bonds is 6. The zero-order valence-corrected chi connectivity index (χ0v) is 18.8. The van der Waals surface area contributed by atoms with E-state index in [0.29, 0.717) is 11.4 Å². The van der Waals surface area contributed by atoms with Gasteiger partial charge in [0.05, 0.1) is 12.1 Å². The molecule has 6 nitrogen and oxygen atoms in total. The lowest BCUT2D eigenvalue weighted by molar-refractivity contribution is -0.0504. The Balaban J connectivity index is 1.86. The summed E-state index contributed by atoms with van der Waals surface area (Å²) in [6.07, 6.45) is 8.26. The maximum absolute atomic E-state index is 15.0. The fourth-order valence-corrected chi connectivity index (χ4v) is 4.76. The van der Waals surface area contributed by atoms with Crippen LogP contribution in [0.15, 0.2) is 60.0 Å². The molecule has 1 N–H and O–H groups in total. The summed E-state index contributed by atoms with van der Waals surface area (Å²) < 4.78 is 42.0. The summed E-state index contributed by atoms with van der Waals surface area (Å²) in [5.41, 5.74) is -1.27. The predicted octanol–water partition coefficient (Wildman–Crippen LogP) is 3.49. The Morgan fingerprint density at radius 1 is 1.19 bits per heavy atom. The third-order valence-corrected chi connectivity index (χ3v) is 7.05. The van der Waals surface area contributed by atoms with Crippen molar-refractivity contribution in [1.29, 1.82) is 0 Å². The largest absolute Gasteiger partial charge is 0.381 e. The molecule has 3 aromatic rings. The van der Waals surface area contributed by atoms with E-state index in [1.807, 2.05) is 43.0 Å². The van der Waals surface area contributed by atoms with E-state index in [4.69, 9.17) is 0 Å². The highest BCUT2D eigenvalue weighted by atomic mass is 32.2. The first kappa shape index (κ1) is 22.3. The molecule has 0 spiro atoms. The molecule has 9 heteroatoms. The highest BCUT2D eigenvalue weighted by Gasteiger charge is 2.51. The van der Waals surface area contributed by atoms with Crippen LogP contribution in [0.25, 0.3) is 6.08 Å². The number of hydrogen-bond donors (Lipinski definition) is 1. The van der Waals surface area contributed by atoms with E-state index in [-0.39, 0.29) is 12.1 Å². The predicted molar refractivity (Wildman–Crippen MR) is 120 cm³/mol. The van der Waals surface area contributed by atoms with Gasteiger partial charge in [-0.2, -0.15) is 5.10 Å². The van der Waals surface area contributed by atoms with E-state index in [1.165, 1.54) is 23.4 Å². The summed E-state index contributed by atoms with van der Waals surface area (Å²) in [6, 6.07) is 8.66. The molecule has 2 atom stereocenters. The number of aliphatic hydroxyl groups is 1. The van der Waals surface area contributed by atoms with Crippen molar-refractivity contribution < 1.29 is 18.1 Å². The van der Waals surface area contributed by atoms with Gasteiger partial charge in [0.2, 0.25) is 0 Å². The number of fused-ring (bicyclic) bond motifs is 1. The fourth-order valence-electron chi connectivity index (χ4n) is 4.21. The normalized spacial score (nSPS) is 16.5. The Kier molecular flexibility index (Phi) is 5.72. The SMILES string of the molecule is CS(=O)c1ccc2c(c1)C=CCN2C(C)(C)C(O)(Cn1cncn1)c1ccc(F)cc1F. The average molecular weight is 459 g/mol. The maximum Gasteiger partial charge on any atom is 0.137 e. The Hall–Kier alpha value is -2.91. The molecule has 4 rings (SSSR count). The van der Waals surface area contributed by atoms with Crippen molar-refractivity contribution in [3.8, 4) is 0 Å². The summed E-state index contributed by atoms with van der Waals surface area (Å²) in [5.74, 6) is -1.57. The van der Waals surface area contributed by atoms with Crippen LogP contribution < -0.4 is 4.90 Å². The van der Waals surface area contributed by atoms with E-state index in [1.54, 1.807) is 12.3 Å². The molecule has 0 aliphatic carbocycles. The van der Waals surface area contributed by atoms with Gasteiger partial charge in [-0.25, -0.2) is 18.4 Å². The number of anilines is 1. The highest BCUT2D eigenvalue weighted by Crippen LogP contribution is 2.44. The van der Waals surface area contributed by atoms with Crippen LogP contribution in [0, 0.1) is 11.6 Å². The van der Waals surface area contributed by atoms with Gasteiger partial charge in [-0.05, 0) is 43.7 Å². The molecule has 1 aromatic heterocycles. The minimum Gasteiger partial charge on any atom is -0.381 e. The molecule has 0 saturated carbocycles. The number of hydrogen-bond acceptors (Lipinski definition) is 5. The van der Waals surface area contributed by atoms with Gasteiger partial charge in [-0.15, -0.1) is 0 Å². The van der Waals surface area contributed by atoms with Crippen molar-refractivity contribution in [2.45, 2.75) is 36.4 Å². The van der Waals surface area contributed by atoms with Gasteiger partial charge in [-0.3, -0.25) is 4.21 Å². The second kappa shape index (κ2) is 8.22. The Morgan fingerprint density at radius 3 is 2.62 bits per heavy atom. The second-order valence-electron chi connectivity index (χ2n) is 8.32. The summed E-state index contributed by atoms with van der Waals surface area (Å²) >= 11 is 0. The van der Waals surface area contributed by atoms with E-state index in [9.17, 15) is 18.1 Å². The van der Waals surface area contributed by atoms with Crippen molar-refractivity contribution >= 4 is 22.6 Å². The highest BCUT2D eigenvalue weighted by molar-refractivity contribution is 7.84. The van der Waals surface area contributed by atoms with Gasteiger partial charge < -0.3 is 10.0 Å². The van der Waals surface area contributed by atoms with Crippen LogP contribution in [0.1, 0.15) is 25.0 Å². The lowest BCUT2D eigenvalue weighted by Crippen LogP contribution is -2.61. The van der Waals surface area contributed by atoms with Crippen LogP contribution in [-0.2, 0) is 22.9 Å². The molecular weight excluding hydrogens is 434 g/mol. The molecule has 1 aliphatic heterocycles. The van der Waals surface area contributed by atoms with E-state index >= 15 is 0 Å². The molecule has 0 bridgehead atoms. The Morgan fingerprint density at radius 2 is 1.97 bits per heavy atom. The first-order chi connectivity index (χ1) is 15.1. The molecule has 2 heterocycles. The number of aromatic nitrogens is 3. The summed E-state index contributed by atoms with van der Waals surface area (Å²) in [4.78, 5) is 6.58. The summed E-state index contributed by atoms with van der Waals surface area (Å²) in [5, 5.41) is 16.2. The fraction of sp³-hybridized carbons (Fsp3) is 0.304. The molecule has 32 heavy (non-hydrogen) atoms. The van der Waals surface area contributed by atoms with Crippen LogP contribution in [-0.4, -0.2) is 42.4 Å². The van der Waals surface area contributed by atoms with Crippen LogP contribution in [0.4, 0.5) is 14.5 Å². The standard InChI is InChI=1S/C23H24F2N4O2S/c1-22(2,29-10-4-5-16-11-18(32(3)31)7-9-21(16)29)23(30,13-28-15-26-14-27-28)19-8-6-17(24)12-20(19)25/h4-9,11-12,14-15,30H,10,13H2,1-3H3. The maximum atomic E-state index is 15.0. The van der Waals surface area contributed by atoms with E-state index in [2.05, 4.69) is 10.1 Å². The molecule has 0 fully saturated rings. The van der Waals surface area contributed by atoms with Gasteiger partial charge in [0.25, 0.3) is 0 Å². The molecular formula is C23H24F2N4O2S. The molecule has 168 valence electrons. The van der Waals surface area contributed by atoms with Crippen molar-refractivity contribution in [1.82, 2.24) is 14.8 Å². The zero-order chi connectivity index (χ0) is 23.1. The van der Waals surface area contributed by atoms with Crippen molar-refractivity contribution in [2.24, 2.45) is 0 Å². The molecule has 0 radical (unpaired) electrons. The van der Waals surface area contributed by atoms with Crippen LogP contribution in [0.3, 0.4) is 0 Å². The van der Waals surface area contributed by atoms with Crippen molar-refractivity contribution in [3.63, 3.8) is 0 Å². The van der Waals surface area contributed by atoms with Gasteiger partial charge in [-0.1, -0.05) is 18.2 Å². The lowest BCUT2D eigenvalue weighted by Gasteiger charge is -2.51. The number of halogens is 2. The molecule has 0 amide bonds. The third-order valence-electron chi connectivity index (χ3n) is 6.13. The van der Waals surface area contributed by atoms with Crippen molar-refractivity contribution in [2.75, 3.05) is 17.7 Å². The van der Waals surface area contributed by atoms with Crippen LogP contribution in [0.2, 0.25) is 0 Å². The average Bonchev–Trinajstić information content (AvgIpc) is 3.25. The van der Waals surface area contributed by atoms with E-state index < -0.39 is 33.6 Å². The molecule has 1 aliphatic rings. The van der Waals surface area contributed by atoms with Gasteiger partial charge in [0.15, 0.2) is 0 Å². The number of nitrogens with zero attached hydrogens (tertiary/aromatic N) is 4. The Bertz CT molecular complexity index is 1200. The molecule has 0 saturated heterocycles. The van der Waals surface area contributed by atoms with Crippen LogP contribution >= 0.6 is 0 Å². The summed E-state index contributed by atoms with van der Waals surface area (Å²) in [6.45, 7) is 3.97. The zero-order valence-electron chi connectivity index (χ0n) is 18.0. The van der Waals surface area contributed by atoms with E-state index in [0.717, 1.165) is 23.4 Å². The van der Waals surface area contributed by atoms with Gasteiger partial charge >= 0.3 is 0 Å². The Labute approximate surface area is 187 Å². The third kappa shape index (κ3) is 3.75. The minimum atomic E-state index is -1.81. The molecule has 2 unspecified atom stereocenters.